The van der Waals surface area contributed by atoms with E-state index < -0.39 is 18.8 Å². The summed E-state index contributed by atoms with van der Waals surface area (Å²) >= 11 is 0. The van der Waals surface area contributed by atoms with E-state index in [1.807, 2.05) is 0 Å². The second-order valence-corrected chi connectivity index (χ2v) is 3.26. The number of halogens is 3. The van der Waals surface area contributed by atoms with Crippen molar-refractivity contribution < 1.29 is 22.7 Å². The normalized spacial score (nSPS) is 17.2. The molecule has 1 fully saturated rings. The zero-order chi connectivity index (χ0) is 9.90. The smallest absolute Gasteiger partial charge is 0.422 e. The maximum absolute atomic E-state index is 11.5. The van der Waals surface area contributed by atoms with Crippen LogP contribution < -0.4 is 0 Å². The van der Waals surface area contributed by atoms with Gasteiger partial charge < -0.3 is 4.74 Å². The predicted octanol–water partition coefficient (Wildman–Crippen LogP) is 2.28. The molecule has 0 aromatic carbocycles. The van der Waals surface area contributed by atoms with Crippen LogP contribution in [0.25, 0.3) is 0 Å². The molecule has 0 heterocycles. The Labute approximate surface area is 74.1 Å². The zero-order valence-electron chi connectivity index (χ0n) is 7.06. The van der Waals surface area contributed by atoms with Crippen molar-refractivity contribution in [2.45, 2.75) is 31.9 Å². The van der Waals surface area contributed by atoms with Gasteiger partial charge in [-0.1, -0.05) is 12.8 Å². The van der Waals surface area contributed by atoms with E-state index in [9.17, 15) is 18.0 Å². The van der Waals surface area contributed by atoms with Crippen LogP contribution in [0, 0.1) is 5.92 Å². The van der Waals surface area contributed by atoms with E-state index in [2.05, 4.69) is 4.74 Å². The average Bonchev–Trinajstić information content (AvgIpc) is 2.78. The number of ether oxygens (including phenoxy) is 1. The molecule has 0 spiro atoms. The molecule has 2 nitrogen and oxygen atoms in total. The van der Waals surface area contributed by atoms with Crippen molar-refractivity contribution in [2.24, 2.45) is 5.92 Å². The average molecular weight is 196 g/mol. The lowest BCUT2D eigenvalue weighted by atomic mass is 10.2. The highest BCUT2D eigenvalue weighted by Gasteiger charge is 2.30. The molecule has 0 unspecified atom stereocenters. The first-order chi connectivity index (χ1) is 5.97. The Kier molecular flexibility index (Phi) is 3.17. The SMILES string of the molecule is O=C(CCC1CC1)OCC(F)(F)F. The van der Waals surface area contributed by atoms with Crippen molar-refractivity contribution in [3.8, 4) is 0 Å². The van der Waals surface area contributed by atoms with Gasteiger partial charge in [0.15, 0.2) is 6.61 Å². The van der Waals surface area contributed by atoms with E-state index in [1.54, 1.807) is 0 Å². The summed E-state index contributed by atoms with van der Waals surface area (Å²) in [4.78, 5) is 10.7. The minimum absolute atomic E-state index is 0.112. The van der Waals surface area contributed by atoms with Crippen molar-refractivity contribution in [1.29, 1.82) is 0 Å². The fourth-order valence-electron chi connectivity index (χ4n) is 0.963. The van der Waals surface area contributed by atoms with Crippen molar-refractivity contribution in [1.82, 2.24) is 0 Å². The van der Waals surface area contributed by atoms with Gasteiger partial charge in [-0.15, -0.1) is 0 Å². The summed E-state index contributed by atoms with van der Waals surface area (Å²) in [7, 11) is 0. The van der Waals surface area contributed by atoms with Crippen molar-refractivity contribution in [2.75, 3.05) is 6.61 Å². The van der Waals surface area contributed by atoms with E-state index in [4.69, 9.17) is 0 Å². The molecule has 0 aromatic rings. The van der Waals surface area contributed by atoms with Crippen LogP contribution in [-0.2, 0) is 9.53 Å². The van der Waals surface area contributed by atoms with Gasteiger partial charge in [0.2, 0.25) is 0 Å². The summed E-state index contributed by atoms with van der Waals surface area (Å²) in [5.41, 5.74) is 0. The van der Waals surface area contributed by atoms with E-state index in [1.165, 1.54) is 0 Å². The second kappa shape index (κ2) is 3.98. The number of rotatable bonds is 4. The van der Waals surface area contributed by atoms with Crippen molar-refractivity contribution in [3.63, 3.8) is 0 Å². The third-order valence-corrected chi connectivity index (χ3v) is 1.85. The predicted molar refractivity (Wildman–Crippen MR) is 39.0 cm³/mol. The Balaban J connectivity index is 2.03. The standard InChI is InChI=1S/C8H11F3O2/c9-8(10,11)5-13-7(12)4-3-6-1-2-6/h6H,1-5H2. The Bertz CT molecular complexity index is 184. The molecule has 76 valence electrons. The molecular formula is C8H11F3O2. The molecule has 1 aliphatic rings. The lowest BCUT2D eigenvalue weighted by Crippen LogP contribution is -2.20. The molecule has 0 saturated heterocycles. The lowest BCUT2D eigenvalue weighted by molar-refractivity contribution is -0.186. The van der Waals surface area contributed by atoms with E-state index in [-0.39, 0.29) is 6.42 Å². The number of alkyl halides is 3. The van der Waals surface area contributed by atoms with Crippen molar-refractivity contribution in [3.05, 3.63) is 0 Å². The summed E-state index contributed by atoms with van der Waals surface area (Å²) in [6.07, 6.45) is -1.45. The molecule has 0 N–H and O–H groups in total. The van der Waals surface area contributed by atoms with Crippen LogP contribution in [0.3, 0.4) is 0 Å². The maximum Gasteiger partial charge on any atom is 0.422 e. The van der Waals surface area contributed by atoms with Crippen LogP contribution in [0.5, 0.6) is 0 Å². The molecule has 0 bridgehead atoms. The Hall–Kier alpha value is -0.740. The first kappa shape index (κ1) is 10.3. The van der Waals surface area contributed by atoms with Crippen LogP contribution >= 0.6 is 0 Å². The van der Waals surface area contributed by atoms with Gasteiger partial charge in [-0.2, -0.15) is 13.2 Å². The highest BCUT2D eigenvalue weighted by atomic mass is 19.4. The van der Waals surface area contributed by atoms with Crippen molar-refractivity contribution >= 4 is 5.97 Å². The molecule has 5 heteroatoms. The van der Waals surface area contributed by atoms with Gasteiger partial charge in [0.1, 0.15) is 0 Å². The van der Waals surface area contributed by atoms with Crippen LogP contribution in [0.4, 0.5) is 13.2 Å². The molecule has 1 aliphatic carbocycles. The second-order valence-electron chi connectivity index (χ2n) is 3.26. The van der Waals surface area contributed by atoms with Gasteiger partial charge in [0.05, 0.1) is 0 Å². The highest BCUT2D eigenvalue weighted by molar-refractivity contribution is 5.69. The summed E-state index contributed by atoms with van der Waals surface area (Å²) in [6, 6.07) is 0. The molecule has 0 radical (unpaired) electrons. The van der Waals surface area contributed by atoms with E-state index in [0.717, 1.165) is 12.8 Å². The van der Waals surface area contributed by atoms with Gasteiger partial charge >= 0.3 is 12.1 Å². The summed E-state index contributed by atoms with van der Waals surface area (Å²) in [5, 5.41) is 0. The minimum atomic E-state index is -4.41. The van der Waals surface area contributed by atoms with Gasteiger partial charge in [-0.05, 0) is 12.3 Å². The molecule has 0 aliphatic heterocycles. The highest BCUT2D eigenvalue weighted by Crippen LogP contribution is 2.33. The minimum Gasteiger partial charge on any atom is -0.456 e. The first-order valence-corrected chi connectivity index (χ1v) is 4.20. The molecule has 0 atom stereocenters. The fraction of sp³-hybridized carbons (Fsp3) is 0.875. The van der Waals surface area contributed by atoms with Crippen LogP contribution in [0.2, 0.25) is 0 Å². The summed E-state index contributed by atoms with van der Waals surface area (Å²) in [6.45, 7) is -1.46. The largest absolute Gasteiger partial charge is 0.456 e. The zero-order valence-corrected chi connectivity index (χ0v) is 7.06. The van der Waals surface area contributed by atoms with Crippen LogP contribution in [0.15, 0.2) is 0 Å². The molecule has 0 amide bonds. The Morgan fingerprint density at radius 2 is 2.00 bits per heavy atom. The van der Waals surface area contributed by atoms with Gasteiger partial charge in [0.25, 0.3) is 0 Å². The van der Waals surface area contributed by atoms with Gasteiger partial charge in [-0.25, -0.2) is 0 Å². The Morgan fingerprint density at radius 1 is 1.38 bits per heavy atom. The molecule has 1 saturated carbocycles. The third-order valence-electron chi connectivity index (χ3n) is 1.85. The number of hydrogen-bond acceptors (Lipinski definition) is 2. The molecular weight excluding hydrogens is 185 g/mol. The molecule has 13 heavy (non-hydrogen) atoms. The summed E-state index contributed by atoms with van der Waals surface area (Å²) < 4.78 is 38.7. The molecule has 1 rings (SSSR count). The number of carbonyl (C=O) groups excluding carboxylic acids is 1. The maximum atomic E-state index is 11.5. The third kappa shape index (κ3) is 5.49. The van der Waals surface area contributed by atoms with Crippen LogP contribution in [-0.4, -0.2) is 18.8 Å². The monoisotopic (exact) mass is 196 g/mol. The van der Waals surface area contributed by atoms with Gasteiger partial charge in [-0.3, -0.25) is 4.79 Å². The first-order valence-electron chi connectivity index (χ1n) is 4.20. The quantitative estimate of drug-likeness (QED) is 0.645. The number of esters is 1. The lowest BCUT2D eigenvalue weighted by Gasteiger charge is -2.06. The number of hydrogen-bond donors (Lipinski definition) is 0. The van der Waals surface area contributed by atoms with E-state index in [0.29, 0.717) is 12.3 Å². The van der Waals surface area contributed by atoms with Gasteiger partial charge in [0, 0.05) is 6.42 Å². The number of carbonyl (C=O) groups is 1. The van der Waals surface area contributed by atoms with E-state index >= 15 is 0 Å². The Morgan fingerprint density at radius 3 is 2.46 bits per heavy atom. The summed E-state index contributed by atoms with van der Waals surface area (Å²) in [5.74, 6) is -0.206. The topological polar surface area (TPSA) is 26.3 Å². The molecule has 0 aromatic heterocycles. The fourth-order valence-corrected chi connectivity index (χ4v) is 0.963. The van der Waals surface area contributed by atoms with Crippen LogP contribution in [0.1, 0.15) is 25.7 Å².